The first-order chi connectivity index (χ1) is 6.49. The van der Waals surface area contributed by atoms with Gasteiger partial charge in [-0.2, -0.15) is 11.8 Å². The van der Waals surface area contributed by atoms with Gasteiger partial charge in [0.15, 0.2) is 0 Å². The third-order valence-electron chi connectivity index (χ3n) is 2.10. The molecule has 2 unspecified atom stereocenters. The van der Waals surface area contributed by atoms with Crippen molar-refractivity contribution in [1.29, 1.82) is 0 Å². The average Bonchev–Trinajstić information content (AvgIpc) is 2.13. The molecule has 0 aliphatic heterocycles. The first kappa shape index (κ1) is 13.8. The molecule has 0 saturated heterocycles. The predicted octanol–water partition coefficient (Wildman–Crippen LogP) is 1.08. The van der Waals surface area contributed by atoms with Crippen molar-refractivity contribution >= 4 is 17.7 Å². The van der Waals surface area contributed by atoms with E-state index in [-0.39, 0.29) is 17.9 Å². The third kappa shape index (κ3) is 5.50. The van der Waals surface area contributed by atoms with Gasteiger partial charge in [-0.05, 0) is 23.8 Å². The lowest BCUT2D eigenvalue weighted by atomic mass is 10.0. The van der Waals surface area contributed by atoms with E-state index in [1.807, 2.05) is 13.8 Å². The van der Waals surface area contributed by atoms with Crippen molar-refractivity contribution in [3.8, 4) is 0 Å². The van der Waals surface area contributed by atoms with Gasteiger partial charge in [-0.15, -0.1) is 0 Å². The standard InChI is InChI=1S/C10H22N2OS/c1-7(2)9(11)10(13)12-5-8(3)6-14-4/h7-9H,5-6,11H2,1-4H3,(H,12,13). The summed E-state index contributed by atoms with van der Waals surface area (Å²) < 4.78 is 0. The van der Waals surface area contributed by atoms with Gasteiger partial charge in [0.25, 0.3) is 0 Å². The van der Waals surface area contributed by atoms with Gasteiger partial charge in [-0.1, -0.05) is 20.8 Å². The fraction of sp³-hybridized carbons (Fsp3) is 0.900. The Balaban J connectivity index is 3.73. The molecule has 0 bridgehead atoms. The molecule has 14 heavy (non-hydrogen) atoms. The summed E-state index contributed by atoms with van der Waals surface area (Å²) in [6.45, 7) is 6.75. The molecule has 0 saturated carbocycles. The van der Waals surface area contributed by atoms with Crippen molar-refractivity contribution in [3.63, 3.8) is 0 Å². The Kier molecular flexibility index (Phi) is 7.01. The smallest absolute Gasteiger partial charge is 0.237 e. The van der Waals surface area contributed by atoms with Gasteiger partial charge in [-0.25, -0.2) is 0 Å². The van der Waals surface area contributed by atoms with E-state index in [2.05, 4.69) is 18.5 Å². The number of thioether (sulfide) groups is 1. The summed E-state index contributed by atoms with van der Waals surface area (Å²) in [7, 11) is 0. The first-order valence-electron chi connectivity index (χ1n) is 5.01. The van der Waals surface area contributed by atoms with Crippen LogP contribution in [-0.4, -0.2) is 30.5 Å². The van der Waals surface area contributed by atoms with Crippen molar-refractivity contribution in [1.82, 2.24) is 5.32 Å². The quantitative estimate of drug-likeness (QED) is 0.701. The summed E-state index contributed by atoms with van der Waals surface area (Å²) in [5, 5.41) is 2.87. The number of rotatable bonds is 6. The summed E-state index contributed by atoms with van der Waals surface area (Å²) in [6.07, 6.45) is 2.07. The second kappa shape index (κ2) is 7.12. The highest BCUT2D eigenvalue weighted by Gasteiger charge is 2.16. The molecule has 0 aromatic heterocycles. The maximum atomic E-state index is 11.5. The van der Waals surface area contributed by atoms with Crippen LogP contribution in [0.5, 0.6) is 0 Å². The Morgan fingerprint density at radius 3 is 2.43 bits per heavy atom. The summed E-state index contributed by atoms with van der Waals surface area (Å²) in [6, 6.07) is -0.378. The molecule has 84 valence electrons. The number of carbonyl (C=O) groups excluding carboxylic acids is 1. The van der Waals surface area contributed by atoms with Crippen LogP contribution >= 0.6 is 11.8 Å². The van der Waals surface area contributed by atoms with Crippen LogP contribution in [0.1, 0.15) is 20.8 Å². The maximum absolute atomic E-state index is 11.5. The molecule has 0 aromatic carbocycles. The Morgan fingerprint density at radius 2 is 2.00 bits per heavy atom. The molecule has 0 rings (SSSR count). The Morgan fingerprint density at radius 1 is 1.43 bits per heavy atom. The molecule has 0 fully saturated rings. The van der Waals surface area contributed by atoms with Crippen LogP contribution in [0.3, 0.4) is 0 Å². The van der Waals surface area contributed by atoms with Gasteiger partial charge in [0.05, 0.1) is 6.04 Å². The molecule has 0 aromatic rings. The second-order valence-electron chi connectivity index (χ2n) is 4.08. The highest BCUT2D eigenvalue weighted by atomic mass is 32.2. The Bertz CT molecular complexity index is 174. The van der Waals surface area contributed by atoms with Crippen LogP contribution < -0.4 is 11.1 Å². The third-order valence-corrected chi connectivity index (χ3v) is 3.00. The van der Waals surface area contributed by atoms with Crippen molar-refractivity contribution in [2.45, 2.75) is 26.8 Å². The van der Waals surface area contributed by atoms with E-state index in [1.54, 1.807) is 11.8 Å². The summed E-state index contributed by atoms with van der Waals surface area (Å²) in [5.41, 5.74) is 5.70. The van der Waals surface area contributed by atoms with Gasteiger partial charge < -0.3 is 11.1 Å². The van der Waals surface area contributed by atoms with Crippen LogP contribution in [-0.2, 0) is 4.79 Å². The van der Waals surface area contributed by atoms with E-state index in [0.29, 0.717) is 5.92 Å². The van der Waals surface area contributed by atoms with E-state index in [9.17, 15) is 4.79 Å². The van der Waals surface area contributed by atoms with E-state index < -0.39 is 0 Å². The number of amides is 1. The van der Waals surface area contributed by atoms with E-state index >= 15 is 0 Å². The van der Waals surface area contributed by atoms with Gasteiger partial charge in [-0.3, -0.25) is 4.79 Å². The highest BCUT2D eigenvalue weighted by Crippen LogP contribution is 2.03. The summed E-state index contributed by atoms with van der Waals surface area (Å²) in [5.74, 6) is 1.74. The van der Waals surface area contributed by atoms with E-state index in [4.69, 9.17) is 5.73 Å². The molecule has 2 atom stereocenters. The second-order valence-corrected chi connectivity index (χ2v) is 4.99. The predicted molar refractivity (Wildman–Crippen MR) is 63.4 cm³/mol. The van der Waals surface area contributed by atoms with Gasteiger partial charge >= 0.3 is 0 Å². The first-order valence-corrected chi connectivity index (χ1v) is 6.40. The molecule has 3 N–H and O–H groups in total. The molecule has 0 radical (unpaired) electrons. The van der Waals surface area contributed by atoms with Crippen molar-refractivity contribution in [2.75, 3.05) is 18.6 Å². The number of nitrogens with two attached hydrogens (primary N) is 1. The van der Waals surface area contributed by atoms with Crippen LogP contribution in [0.15, 0.2) is 0 Å². The molecule has 1 amide bonds. The van der Waals surface area contributed by atoms with Gasteiger partial charge in [0.2, 0.25) is 5.91 Å². The maximum Gasteiger partial charge on any atom is 0.237 e. The van der Waals surface area contributed by atoms with Crippen molar-refractivity contribution in [2.24, 2.45) is 17.6 Å². The molecule has 0 aliphatic rings. The summed E-state index contributed by atoms with van der Waals surface area (Å²) in [4.78, 5) is 11.5. The highest BCUT2D eigenvalue weighted by molar-refractivity contribution is 7.98. The zero-order valence-electron chi connectivity index (χ0n) is 9.54. The number of nitrogens with one attached hydrogen (secondary N) is 1. The Hall–Kier alpha value is -0.220. The Labute approximate surface area is 91.2 Å². The molecule has 0 aliphatic carbocycles. The van der Waals surface area contributed by atoms with Gasteiger partial charge in [0, 0.05) is 6.54 Å². The fourth-order valence-corrected chi connectivity index (χ4v) is 1.73. The van der Waals surface area contributed by atoms with Crippen LogP contribution in [0.4, 0.5) is 0 Å². The topological polar surface area (TPSA) is 55.1 Å². The molecule has 0 spiro atoms. The summed E-state index contributed by atoms with van der Waals surface area (Å²) >= 11 is 1.79. The zero-order chi connectivity index (χ0) is 11.1. The lowest BCUT2D eigenvalue weighted by Crippen LogP contribution is -2.45. The minimum atomic E-state index is -0.378. The van der Waals surface area contributed by atoms with Crippen LogP contribution in [0.25, 0.3) is 0 Å². The fourth-order valence-electron chi connectivity index (χ4n) is 1.04. The van der Waals surface area contributed by atoms with E-state index in [0.717, 1.165) is 12.3 Å². The SMILES string of the molecule is CSCC(C)CNC(=O)C(N)C(C)C. The lowest BCUT2D eigenvalue weighted by Gasteiger charge is -2.17. The molecule has 0 heterocycles. The molecular formula is C10H22N2OS. The number of hydrogen-bond acceptors (Lipinski definition) is 3. The minimum absolute atomic E-state index is 0.0343. The van der Waals surface area contributed by atoms with Crippen molar-refractivity contribution in [3.05, 3.63) is 0 Å². The molecule has 4 heteroatoms. The van der Waals surface area contributed by atoms with Crippen LogP contribution in [0.2, 0.25) is 0 Å². The minimum Gasteiger partial charge on any atom is -0.354 e. The van der Waals surface area contributed by atoms with Gasteiger partial charge in [0.1, 0.15) is 0 Å². The average molecular weight is 218 g/mol. The normalized spacial score (nSPS) is 15.3. The number of hydrogen-bond donors (Lipinski definition) is 2. The monoisotopic (exact) mass is 218 g/mol. The molecular weight excluding hydrogens is 196 g/mol. The molecule has 3 nitrogen and oxygen atoms in total. The largest absolute Gasteiger partial charge is 0.354 e. The van der Waals surface area contributed by atoms with E-state index in [1.165, 1.54) is 0 Å². The zero-order valence-corrected chi connectivity index (χ0v) is 10.4. The van der Waals surface area contributed by atoms with Crippen molar-refractivity contribution < 1.29 is 4.79 Å². The number of carbonyl (C=O) groups is 1. The van der Waals surface area contributed by atoms with Crippen LogP contribution in [0, 0.1) is 11.8 Å². The lowest BCUT2D eigenvalue weighted by molar-refractivity contribution is -0.123.